The van der Waals surface area contributed by atoms with Gasteiger partial charge < -0.3 is 10.6 Å². The number of benzene rings is 2. The smallest absolute Gasteiger partial charge is 0.319 e. The second-order valence-corrected chi connectivity index (χ2v) is 4.48. The van der Waals surface area contributed by atoms with Crippen LogP contribution in [0.15, 0.2) is 54.6 Å². The fraction of sp³-hybridized carbons (Fsp3) is 0.278. The van der Waals surface area contributed by atoms with Gasteiger partial charge in [0.25, 0.3) is 0 Å². The van der Waals surface area contributed by atoms with Gasteiger partial charge in [-0.15, -0.1) is 0 Å². The molecule has 2 aromatic rings. The Balaban J connectivity index is 0.00000106. The third-order valence-corrected chi connectivity index (χ3v) is 2.85. The van der Waals surface area contributed by atoms with E-state index in [9.17, 15) is 4.79 Å². The first kappa shape index (κ1) is 16.8. The van der Waals surface area contributed by atoms with Crippen molar-refractivity contribution in [1.82, 2.24) is 5.32 Å². The molecule has 0 heterocycles. The summed E-state index contributed by atoms with van der Waals surface area (Å²) in [6, 6.07) is 17.7. The van der Waals surface area contributed by atoms with Gasteiger partial charge in [-0.25, -0.2) is 4.79 Å². The minimum atomic E-state index is -0.167. The average Bonchev–Trinajstić information content (AvgIpc) is 2.53. The van der Waals surface area contributed by atoms with Crippen LogP contribution in [0.1, 0.15) is 25.0 Å². The van der Waals surface area contributed by atoms with Gasteiger partial charge in [-0.3, -0.25) is 0 Å². The van der Waals surface area contributed by atoms with Crippen molar-refractivity contribution in [2.75, 3.05) is 11.9 Å². The summed E-state index contributed by atoms with van der Waals surface area (Å²) in [4.78, 5) is 11.7. The maximum Gasteiger partial charge on any atom is 0.319 e. The maximum absolute atomic E-state index is 11.7. The van der Waals surface area contributed by atoms with Crippen molar-refractivity contribution in [2.45, 2.75) is 27.2 Å². The van der Waals surface area contributed by atoms with Crippen molar-refractivity contribution in [2.24, 2.45) is 0 Å². The SMILES string of the molecule is CC.Cc1ccc(NC(=O)NCCc2ccccc2)cc1. The molecule has 0 fully saturated rings. The molecule has 0 aromatic heterocycles. The van der Waals surface area contributed by atoms with Crippen LogP contribution in [0.2, 0.25) is 0 Å². The first-order chi connectivity index (χ1) is 10.2. The maximum atomic E-state index is 11.7. The fourth-order valence-electron chi connectivity index (χ4n) is 1.78. The normalized spacial score (nSPS) is 9.29. The molecule has 2 rings (SSSR count). The van der Waals surface area contributed by atoms with E-state index >= 15 is 0 Å². The third kappa shape index (κ3) is 6.61. The summed E-state index contributed by atoms with van der Waals surface area (Å²) in [5, 5.41) is 5.65. The quantitative estimate of drug-likeness (QED) is 0.859. The molecule has 112 valence electrons. The molecule has 0 unspecified atom stereocenters. The number of carbonyl (C=O) groups excluding carboxylic acids is 1. The van der Waals surface area contributed by atoms with Gasteiger partial charge in [0, 0.05) is 12.2 Å². The van der Waals surface area contributed by atoms with Crippen molar-refractivity contribution in [3.8, 4) is 0 Å². The predicted octanol–water partition coefficient (Wildman–Crippen LogP) is 4.39. The number of hydrogen-bond acceptors (Lipinski definition) is 1. The van der Waals surface area contributed by atoms with Crippen LogP contribution in [0.4, 0.5) is 10.5 Å². The molecule has 0 aliphatic rings. The van der Waals surface area contributed by atoms with E-state index in [4.69, 9.17) is 0 Å². The summed E-state index contributed by atoms with van der Waals surface area (Å²) in [7, 11) is 0. The minimum Gasteiger partial charge on any atom is -0.338 e. The van der Waals surface area contributed by atoms with Gasteiger partial charge in [-0.2, -0.15) is 0 Å². The van der Waals surface area contributed by atoms with E-state index in [1.807, 2.05) is 63.2 Å². The van der Waals surface area contributed by atoms with Crippen molar-refractivity contribution in [3.63, 3.8) is 0 Å². The highest BCUT2D eigenvalue weighted by Crippen LogP contribution is 2.08. The van der Waals surface area contributed by atoms with Gasteiger partial charge in [0.2, 0.25) is 0 Å². The highest BCUT2D eigenvalue weighted by atomic mass is 16.2. The number of aryl methyl sites for hydroxylation is 1. The van der Waals surface area contributed by atoms with Crippen molar-refractivity contribution < 1.29 is 4.79 Å². The van der Waals surface area contributed by atoms with Crippen molar-refractivity contribution in [1.29, 1.82) is 0 Å². The van der Waals surface area contributed by atoms with E-state index in [0.29, 0.717) is 6.54 Å². The summed E-state index contributed by atoms with van der Waals surface area (Å²) in [6.45, 7) is 6.64. The molecule has 0 aliphatic carbocycles. The first-order valence-corrected chi connectivity index (χ1v) is 7.39. The Hall–Kier alpha value is -2.29. The van der Waals surface area contributed by atoms with E-state index in [0.717, 1.165) is 12.1 Å². The second kappa shape index (κ2) is 9.59. The Morgan fingerprint density at radius 2 is 1.57 bits per heavy atom. The summed E-state index contributed by atoms with van der Waals surface area (Å²) < 4.78 is 0. The molecule has 2 N–H and O–H groups in total. The zero-order chi connectivity index (χ0) is 15.5. The molecule has 3 nitrogen and oxygen atoms in total. The van der Waals surface area contributed by atoms with E-state index in [1.165, 1.54) is 11.1 Å². The van der Waals surface area contributed by atoms with Crippen LogP contribution >= 0.6 is 0 Å². The molecule has 0 atom stereocenters. The number of amides is 2. The molecule has 0 radical (unpaired) electrons. The van der Waals surface area contributed by atoms with Crippen LogP contribution in [0, 0.1) is 6.92 Å². The molecule has 2 aromatic carbocycles. The molecular weight excluding hydrogens is 260 g/mol. The highest BCUT2D eigenvalue weighted by molar-refractivity contribution is 5.89. The van der Waals surface area contributed by atoms with E-state index in [-0.39, 0.29) is 6.03 Å². The van der Waals surface area contributed by atoms with Crippen molar-refractivity contribution >= 4 is 11.7 Å². The van der Waals surface area contributed by atoms with Crippen molar-refractivity contribution in [3.05, 3.63) is 65.7 Å². The van der Waals surface area contributed by atoms with Crippen LogP contribution < -0.4 is 10.6 Å². The zero-order valence-corrected chi connectivity index (χ0v) is 13.0. The Morgan fingerprint density at radius 1 is 0.952 bits per heavy atom. The molecule has 2 amide bonds. The van der Waals surface area contributed by atoms with Gasteiger partial charge in [0.15, 0.2) is 0 Å². The Labute approximate surface area is 127 Å². The second-order valence-electron chi connectivity index (χ2n) is 4.48. The average molecular weight is 284 g/mol. The predicted molar refractivity (Wildman–Crippen MR) is 89.7 cm³/mol. The number of carbonyl (C=O) groups is 1. The van der Waals surface area contributed by atoms with Gasteiger partial charge in [-0.1, -0.05) is 61.9 Å². The number of hydrogen-bond donors (Lipinski definition) is 2. The fourth-order valence-corrected chi connectivity index (χ4v) is 1.78. The molecular formula is C18H24N2O. The Morgan fingerprint density at radius 3 is 2.19 bits per heavy atom. The number of rotatable bonds is 4. The third-order valence-electron chi connectivity index (χ3n) is 2.85. The topological polar surface area (TPSA) is 41.1 Å². The van der Waals surface area contributed by atoms with E-state index < -0.39 is 0 Å². The first-order valence-electron chi connectivity index (χ1n) is 7.39. The molecule has 0 spiro atoms. The van der Waals surface area contributed by atoms with E-state index in [1.54, 1.807) is 0 Å². The Kier molecular flexibility index (Phi) is 7.65. The van der Waals surface area contributed by atoms with E-state index in [2.05, 4.69) is 22.8 Å². The lowest BCUT2D eigenvalue weighted by atomic mass is 10.1. The molecule has 0 saturated carbocycles. The minimum absolute atomic E-state index is 0.167. The van der Waals surface area contributed by atoms with Gasteiger partial charge >= 0.3 is 6.03 Å². The largest absolute Gasteiger partial charge is 0.338 e. The standard InChI is InChI=1S/C16H18N2O.C2H6/c1-13-7-9-15(10-8-13)18-16(19)17-12-11-14-5-3-2-4-6-14;1-2/h2-10H,11-12H2,1H3,(H2,17,18,19);1-2H3. The van der Waals surface area contributed by atoms with Gasteiger partial charge in [-0.05, 0) is 31.0 Å². The Bertz CT molecular complexity index is 521. The molecule has 3 heteroatoms. The summed E-state index contributed by atoms with van der Waals surface area (Å²) in [6.07, 6.45) is 0.835. The van der Waals surface area contributed by atoms with Crippen LogP contribution in [0.5, 0.6) is 0 Å². The molecule has 0 saturated heterocycles. The van der Waals surface area contributed by atoms with Crippen LogP contribution in [-0.4, -0.2) is 12.6 Å². The van der Waals surface area contributed by atoms with Gasteiger partial charge in [0.05, 0.1) is 0 Å². The molecule has 0 bridgehead atoms. The highest BCUT2D eigenvalue weighted by Gasteiger charge is 2.00. The lowest BCUT2D eigenvalue weighted by Gasteiger charge is -2.07. The molecule has 21 heavy (non-hydrogen) atoms. The van der Waals surface area contributed by atoms with Gasteiger partial charge in [0.1, 0.15) is 0 Å². The monoisotopic (exact) mass is 284 g/mol. The number of urea groups is 1. The summed E-state index contributed by atoms with van der Waals surface area (Å²) in [5.74, 6) is 0. The summed E-state index contributed by atoms with van der Waals surface area (Å²) in [5.41, 5.74) is 3.20. The summed E-state index contributed by atoms with van der Waals surface area (Å²) >= 11 is 0. The number of nitrogens with one attached hydrogen (secondary N) is 2. The van der Waals surface area contributed by atoms with Crippen LogP contribution in [-0.2, 0) is 6.42 Å². The van der Waals surface area contributed by atoms with Crippen LogP contribution in [0.25, 0.3) is 0 Å². The zero-order valence-electron chi connectivity index (χ0n) is 13.0. The lowest BCUT2D eigenvalue weighted by Crippen LogP contribution is -2.30. The van der Waals surface area contributed by atoms with Crippen LogP contribution in [0.3, 0.4) is 0 Å². The lowest BCUT2D eigenvalue weighted by molar-refractivity contribution is 0.252. The number of anilines is 1. The molecule has 0 aliphatic heterocycles.